The number of nitrogens with one attached hydrogen (secondary N) is 1. The topological polar surface area (TPSA) is 74.7 Å². The first-order chi connectivity index (χ1) is 9.11. The summed E-state index contributed by atoms with van der Waals surface area (Å²) in [6, 6.07) is 7.94. The number of nitriles is 1. The fourth-order valence-corrected chi connectivity index (χ4v) is 1.75. The lowest BCUT2D eigenvalue weighted by atomic mass is 10.2. The van der Waals surface area contributed by atoms with Crippen LogP contribution in [0.25, 0.3) is 0 Å². The van der Waals surface area contributed by atoms with E-state index in [2.05, 4.69) is 10.3 Å². The standard InChI is InChI=1S/C13H10ClFN4/c14-10-5-8(1-2-11(10)15)7-19-13-12(17)9(6-16)3-4-18-13/h1-5H,7,17H2,(H,18,19). The van der Waals surface area contributed by atoms with E-state index in [1.807, 2.05) is 6.07 Å². The van der Waals surface area contributed by atoms with Crippen LogP contribution in [0.5, 0.6) is 0 Å². The van der Waals surface area contributed by atoms with Crippen LogP contribution in [-0.4, -0.2) is 4.98 Å². The summed E-state index contributed by atoms with van der Waals surface area (Å²) in [7, 11) is 0. The first kappa shape index (κ1) is 13.1. The van der Waals surface area contributed by atoms with Crippen molar-refractivity contribution >= 4 is 23.1 Å². The second kappa shape index (κ2) is 5.55. The van der Waals surface area contributed by atoms with Crippen molar-refractivity contribution in [3.63, 3.8) is 0 Å². The van der Waals surface area contributed by atoms with E-state index in [1.165, 1.54) is 24.4 Å². The van der Waals surface area contributed by atoms with Gasteiger partial charge >= 0.3 is 0 Å². The lowest BCUT2D eigenvalue weighted by molar-refractivity contribution is 0.627. The van der Waals surface area contributed by atoms with Crippen LogP contribution in [0.3, 0.4) is 0 Å². The molecule has 4 nitrogen and oxygen atoms in total. The molecule has 0 aliphatic carbocycles. The Bertz CT molecular complexity index is 652. The maximum atomic E-state index is 13.0. The number of anilines is 2. The number of pyridine rings is 1. The number of hydrogen-bond acceptors (Lipinski definition) is 4. The molecule has 0 bridgehead atoms. The monoisotopic (exact) mass is 276 g/mol. The molecule has 19 heavy (non-hydrogen) atoms. The predicted molar refractivity (Wildman–Crippen MR) is 72.1 cm³/mol. The molecule has 0 spiro atoms. The molecular weight excluding hydrogens is 267 g/mol. The third-order valence-corrected chi connectivity index (χ3v) is 2.84. The van der Waals surface area contributed by atoms with Crippen molar-refractivity contribution in [3.05, 3.63) is 52.4 Å². The van der Waals surface area contributed by atoms with Gasteiger partial charge in [-0.2, -0.15) is 5.26 Å². The summed E-state index contributed by atoms with van der Waals surface area (Å²) in [6.45, 7) is 0.381. The SMILES string of the molecule is N#Cc1ccnc(NCc2ccc(F)c(Cl)c2)c1N. The summed E-state index contributed by atoms with van der Waals surface area (Å²) < 4.78 is 13.0. The molecule has 1 aromatic heterocycles. The molecular formula is C13H10ClFN4. The van der Waals surface area contributed by atoms with Crippen molar-refractivity contribution < 1.29 is 4.39 Å². The van der Waals surface area contributed by atoms with E-state index in [9.17, 15) is 4.39 Å². The van der Waals surface area contributed by atoms with Gasteiger partial charge in [0.05, 0.1) is 16.3 Å². The lowest BCUT2D eigenvalue weighted by Crippen LogP contribution is -2.06. The largest absolute Gasteiger partial charge is 0.395 e. The van der Waals surface area contributed by atoms with E-state index in [0.29, 0.717) is 23.6 Å². The van der Waals surface area contributed by atoms with Crippen molar-refractivity contribution in [2.45, 2.75) is 6.54 Å². The van der Waals surface area contributed by atoms with Crippen LogP contribution in [0.2, 0.25) is 5.02 Å². The van der Waals surface area contributed by atoms with E-state index in [4.69, 9.17) is 22.6 Å². The molecule has 3 N–H and O–H groups in total. The van der Waals surface area contributed by atoms with Crippen LogP contribution in [0, 0.1) is 17.1 Å². The molecule has 2 rings (SSSR count). The maximum absolute atomic E-state index is 13.0. The summed E-state index contributed by atoms with van der Waals surface area (Å²) in [5.41, 5.74) is 7.21. The number of aromatic nitrogens is 1. The Morgan fingerprint density at radius 1 is 1.42 bits per heavy atom. The Labute approximate surface area is 114 Å². The van der Waals surface area contributed by atoms with Gasteiger partial charge in [-0.15, -0.1) is 0 Å². The summed E-state index contributed by atoms with van der Waals surface area (Å²) in [6.07, 6.45) is 1.49. The van der Waals surface area contributed by atoms with Gasteiger partial charge in [0, 0.05) is 12.7 Å². The first-order valence-electron chi connectivity index (χ1n) is 5.44. The van der Waals surface area contributed by atoms with Gasteiger partial charge < -0.3 is 11.1 Å². The molecule has 1 aromatic carbocycles. The van der Waals surface area contributed by atoms with Gasteiger partial charge in [-0.3, -0.25) is 0 Å². The number of nitrogens with zero attached hydrogens (tertiary/aromatic N) is 2. The molecule has 0 aliphatic heterocycles. The highest BCUT2D eigenvalue weighted by Crippen LogP contribution is 2.21. The molecule has 0 fully saturated rings. The molecule has 0 saturated carbocycles. The van der Waals surface area contributed by atoms with Crippen molar-refractivity contribution in [1.82, 2.24) is 4.98 Å². The quantitative estimate of drug-likeness (QED) is 0.904. The third-order valence-electron chi connectivity index (χ3n) is 2.55. The van der Waals surface area contributed by atoms with Crippen molar-refractivity contribution in [2.24, 2.45) is 0 Å². The third kappa shape index (κ3) is 2.92. The predicted octanol–water partition coefficient (Wildman–Crippen LogP) is 2.94. The molecule has 0 saturated heterocycles. The number of hydrogen-bond donors (Lipinski definition) is 2. The highest BCUT2D eigenvalue weighted by molar-refractivity contribution is 6.30. The Morgan fingerprint density at radius 2 is 2.21 bits per heavy atom. The summed E-state index contributed by atoms with van der Waals surface area (Å²) in [4.78, 5) is 4.05. The van der Waals surface area contributed by atoms with Crippen LogP contribution < -0.4 is 11.1 Å². The second-order valence-electron chi connectivity index (χ2n) is 3.83. The number of nitrogens with two attached hydrogens (primary N) is 1. The lowest BCUT2D eigenvalue weighted by Gasteiger charge is -2.09. The van der Waals surface area contributed by atoms with Crippen LogP contribution in [0.1, 0.15) is 11.1 Å². The fourth-order valence-electron chi connectivity index (χ4n) is 1.55. The highest BCUT2D eigenvalue weighted by Gasteiger charge is 2.06. The van der Waals surface area contributed by atoms with Gasteiger partial charge in [0.2, 0.25) is 0 Å². The number of benzene rings is 1. The molecule has 0 amide bonds. The molecule has 0 unspecified atom stereocenters. The number of halogens is 2. The molecule has 0 radical (unpaired) electrons. The zero-order valence-corrected chi connectivity index (χ0v) is 10.6. The zero-order chi connectivity index (χ0) is 13.8. The van der Waals surface area contributed by atoms with E-state index in [-0.39, 0.29) is 5.02 Å². The Morgan fingerprint density at radius 3 is 2.89 bits per heavy atom. The van der Waals surface area contributed by atoms with Crippen molar-refractivity contribution in [3.8, 4) is 6.07 Å². The minimum Gasteiger partial charge on any atom is -0.395 e. The average molecular weight is 277 g/mol. The first-order valence-corrected chi connectivity index (χ1v) is 5.82. The molecule has 1 heterocycles. The molecule has 0 aliphatic rings. The number of nitrogen functional groups attached to an aromatic ring is 1. The van der Waals surface area contributed by atoms with Gasteiger partial charge in [-0.1, -0.05) is 17.7 Å². The van der Waals surface area contributed by atoms with Gasteiger partial charge in [-0.05, 0) is 23.8 Å². The maximum Gasteiger partial charge on any atom is 0.150 e. The van der Waals surface area contributed by atoms with E-state index < -0.39 is 5.82 Å². The Kier molecular flexibility index (Phi) is 3.83. The van der Waals surface area contributed by atoms with Crippen molar-refractivity contribution in [2.75, 3.05) is 11.1 Å². The fraction of sp³-hybridized carbons (Fsp3) is 0.0769. The Balaban J connectivity index is 2.15. The molecule has 0 atom stereocenters. The average Bonchev–Trinajstić information content (AvgIpc) is 2.41. The highest BCUT2D eigenvalue weighted by atomic mass is 35.5. The van der Waals surface area contributed by atoms with Crippen LogP contribution >= 0.6 is 11.6 Å². The summed E-state index contributed by atoms with van der Waals surface area (Å²) >= 11 is 5.69. The minimum absolute atomic E-state index is 0.0611. The van der Waals surface area contributed by atoms with E-state index in [0.717, 1.165) is 5.56 Å². The van der Waals surface area contributed by atoms with E-state index in [1.54, 1.807) is 6.07 Å². The van der Waals surface area contributed by atoms with E-state index >= 15 is 0 Å². The molecule has 6 heteroatoms. The van der Waals surface area contributed by atoms with Crippen LogP contribution in [0.4, 0.5) is 15.9 Å². The van der Waals surface area contributed by atoms with Gasteiger partial charge in [0.1, 0.15) is 11.9 Å². The van der Waals surface area contributed by atoms with Crippen LogP contribution in [0.15, 0.2) is 30.5 Å². The normalized spacial score (nSPS) is 9.95. The smallest absolute Gasteiger partial charge is 0.150 e. The van der Waals surface area contributed by atoms with Gasteiger partial charge in [0.25, 0.3) is 0 Å². The second-order valence-corrected chi connectivity index (χ2v) is 4.24. The van der Waals surface area contributed by atoms with Gasteiger partial charge in [-0.25, -0.2) is 9.37 Å². The molecule has 2 aromatic rings. The Hall–Kier alpha value is -2.32. The summed E-state index contributed by atoms with van der Waals surface area (Å²) in [5, 5.41) is 11.9. The number of rotatable bonds is 3. The van der Waals surface area contributed by atoms with Crippen molar-refractivity contribution in [1.29, 1.82) is 5.26 Å². The summed E-state index contributed by atoms with van der Waals surface area (Å²) in [5.74, 6) is -0.0472. The zero-order valence-electron chi connectivity index (χ0n) is 9.82. The van der Waals surface area contributed by atoms with Gasteiger partial charge in [0.15, 0.2) is 5.82 Å². The van der Waals surface area contributed by atoms with Crippen LogP contribution in [-0.2, 0) is 6.54 Å². The minimum atomic E-state index is -0.463. The molecule has 96 valence electrons.